The summed E-state index contributed by atoms with van der Waals surface area (Å²) in [5, 5.41) is 8.74. The number of fused-ring (bicyclic) bond motifs is 1. The van der Waals surface area contributed by atoms with E-state index < -0.39 is 0 Å². The Morgan fingerprint density at radius 3 is 2.90 bits per heavy atom. The number of nitrogens with zero attached hydrogens (tertiary/aromatic N) is 5. The van der Waals surface area contributed by atoms with Gasteiger partial charge in [-0.25, -0.2) is 9.50 Å². The summed E-state index contributed by atoms with van der Waals surface area (Å²) in [6, 6.07) is 1.95. The summed E-state index contributed by atoms with van der Waals surface area (Å²) in [5.74, 6) is 0.558. The Balaban J connectivity index is 1.86. The number of hydrogen-bond donors (Lipinski definition) is 0. The van der Waals surface area contributed by atoms with Crippen LogP contribution in [0.3, 0.4) is 0 Å². The maximum absolute atomic E-state index is 5.94. The molecule has 0 amide bonds. The number of hydrogen-bond acceptors (Lipinski definition) is 5. The predicted molar refractivity (Wildman–Crippen MR) is 78.1 cm³/mol. The summed E-state index contributed by atoms with van der Waals surface area (Å²) in [5.41, 5.74) is 2.57. The topological polar surface area (TPSA) is 66.5 Å². The molecule has 0 unspecified atom stereocenters. The number of aromatic nitrogens is 5. The van der Waals surface area contributed by atoms with Gasteiger partial charge in [-0.15, -0.1) is 5.10 Å². The molecule has 7 nitrogen and oxygen atoms in total. The number of rotatable bonds is 3. The first-order chi connectivity index (χ1) is 10.2. The molecule has 3 aromatic heterocycles. The molecule has 0 atom stereocenters. The Morgan fingerprint density at radius 1 is 1.38 bits per heavy atom. The highest BCUT2D eigenvalue weighted by Gasteiger charge is 2.24. The molecule has 0 bridgehead atoms. The highest BCUT2D eigenvalue weighted by atomic mass is 79.9. The summed E-state index contributed by atoms with van der Waals surface area (Å²) >= 11 is 3.42. The first-order valence-electron chi connectivity index (χ1n) is 6.48. The van der Waals surface area contributed by atoms with Crippen molar-refractivity contribution in [1.29, 1.82) is 0 Å². The molecule has 1 saturated heterocycles. The first-order valence-corrected chi connectivity index (χ1v) is 7.28. The molecule has 0 saturated carbocycles. The fraction of sp³-hybridized carbons (Fsp3) is 0.308. The van der Waals surface area contributed by atoms with Crippen LogP contribution in [0.2, 0.25) is 0 Å². The number of imidazole rings is 1. The lowest BCUT2D eigenvalue weighted by molar-refractivity contribution is -0.0814. The van der Waals surface area contributed by atoms with Crippen LogP contribution in [0.4, 0.5) is 0 Å². The van der Waals surface area contributed by atoms with Crippen molar-refractivity contribution in [2.24, 2.45) is 7.05 Å². The third-order valence-electron chi connectivity index (χ3n) is 3.32. The molecule has 0 N–H and O–H groups in total. The van der Waals surface area contributed by atoms with Crippen LogP contribution in [0.15, 0.2) is 29.3 Å². The minimum atomic E-state index is 0.0488. The van der Waals surface area contributed by atoms with Crippen LogP contribution in [0.5, 0.6) is 5.88 Å². The fourth-order valence-corrected chi connectivity index (χ4v) is 2.53. The Morgan fingerprint density at radius 2 is 2.24 bits per heavy atom. The van der Waals surface area contributed by atoms with Crippen LogP contribution >= 0.6 is 15.9 Å². The van der Waals surface area contributed by atoms with Gasteiger partial charge in [-0.05, 0) is 22.0 Å². The minimum absolute atomic E-state index is 0.0488. The summed E-state index contributed by atoms with van der Waals surface area (Å²) in [6.07, 6.45) is 5.48. The molecule has 1 aliphatic heterocycles. The van der Waals surface area contributed by atoms with E-state index >= 15 is 0 Å². The quantitative estimate of drug-likeness (QED) is 0.719. The van der Waals surface area contributed by atoms with Crippen LogP contribution in [0, 0.1) is 0 Å². The van der Waals surface area contributed by atoms with Gasteiger partial charge in [-0.3, -0.25) is 4.68 Å². The zero-order valence-corrected chi connectivity index (χ0v) is 12.8. The molecule has 0 aliphatic carbocycles. The van der Waals surface area contributed by atoms with Gasteiger partial charge in [0, 0.05) is 18.8 Å². The fourth-order valence-electron chi connectivity index (χ4n) is 2.17. The van der Waals surface area contributed by atoms with Gasteiger partial charge < -0.3 is 9.47 Å². The molecular formula is C13H12BrN5O2. The van der Waals surface area contributed by atoms with Gasteiger partial charge in [0.2, 0.25) is 5.88 Å². The molecule has 1 aliphatic rings. The standard InChI is InChI=1S/C13H12BrN5O2/c1-18-5-8(3-16-18)10-2-12-15-4-11(14)19(12)17-13(10)21-9-6-20-7-9/h2-5,9H,6-7H2,1H3. The van der Waals surface area contributed by atoms with Crippen molar-refractivity contribution in [3.8, 4) is 17.0 Å². The normalized spacial score (nSPS) is 15.3. The van der Waals surface area contributed by atoms with Crippen molar-refractivity contribution in [2.75, 3.05) is 13.2 Å². The molecule has 4 heterocycles. The second-order valence-electron chi connectivity index (χ2n) is 4.89. The van der Waals surface area contributed by atoms with E-state index in [2.05, 4.69) is 31.1 Å². The summed E-state index contributed by atoms with van der Waals surface area (Å²) in [4.78, 5) is 4.31. The van der Waals surface area contributed by atoms with Crippen LogP contribution in [0.1, 0.15) is 0 Å². The Labute approximate surface area is 128 Å². The van der Waals surface area contributed by atoms with Gasteiger partial charge >= 0.3 is 0 Å². The van der Waals surface area contributed by atoms with Crippen molar-refractivity contribution in [2.45, 2.75) is 6.10 Å². The average Bonchev–Trinajstić information content (AvgIpc) is 3.00. The lowest BCUT2D eigenvalue weighted by atomic mass is 10.1. The molecule has 3 aromatic rings. The summed E-state index contributed by atoms with van der Waals surface area (Å²) in [6.45, 7) is 1.19. The van der Waals surface area contributed by atoms with Gasteiger partial charge in [-0.2, -0.15) is 5.10 Å². The molecule has 108 valence electrons. The van der Waals surface area contributed by atoms with Crippen molar-refractivity contribution < 1.29 is 9.47 Å². The molecule has 1 fully saturated rings. The number of halogens is 1. The number of aryl methyl sites for hydroxylation is 1. The lowest BCUT2D eigenvalue weighted by Crippen LogP contribution is -2.39. The lowest BCUT2D eigenvalue weighted by Gasteiger charge is -2.26. The van der Waals surface area contributed by atoms with Gasteiger partial charge in [0.15, 0.2) is 5.65 Å². The van der Waals surface area contributed by atoms with Crippen molar-refractivity contribution in [1.82, 2.24) is 24.4 Å². The molecule has 4 rings (SSSR count). The molecule has 21 heavy (non-hydrogen) atoms. The largest absolute Gasteiger partial charge is 0.468 e. The SMILES string of the molecule is Cn1cc(-c2cc3ncc(Br)n3nc2OC2COC2)cn1. The molecule has 0 aromatic carbocycles. The van der Waals surface area contributed by atoms with Gasteiger partial charge in [0.25, 0.3) is 0 Å². The third-order valence-corrected chi connectivity index (χ3v) is 3.86. The Bertz CT molecular complexity index is 808. The Hall–Kier alpha value is -1.93. The van der Waals surface area contributed by atoms with E-state index in [1.54, 1.807) is 21.6 Å². The van der Waals surface area contributed by atoms with Crippen LogP contribution in [-0.4, -0.2) is 43.7 Å². The maximum atomic E-state index is 5.94. The van der Waals surface area contributed by atoms with E-state index in [1.165, 1.54) is 0 Å². The van der Waals surface area contributed by atoms with Crippen molar-refractivity contribution >= 4 is 21.6 Å². The molecule has 8 heteroatoms. The van der Waals surface area contributed by atoms with Gasteiger partial charge in [0.05, 0.1) is 31.2 Å². The average molecular weight is 350 g/mol. The van der Waals surface area contributed by atoms with Crippen LogP contribution < -0.4 is 4.74 Å². The second-order valence-corrected chi connectivity index (χ2v) is 5.71. The van der Waals surface area contributed by atoms with E-state index in [9.17, 15) is 0 Å². The van der Waals surface area contributed by atoms with E-state index in [-0.39, 0.29) is 6.10 Å². The monoisotopic (exact) mass is 349 g/mol. The van der Waals surface area contributed by atoms with Crippen LogP contribution in [-0.2, 0) is 11.8 Å². The Kier molecular flexibility index (Phi) is 2.93. The van der Waals surface area contributed by atoms with Crippen molar-refractivity contribution in [3.05, 3.63) is 29.3 Å². The zero-order chi connectivity index (χ0) is 14.4. The summed E-state index contributed by atoms with van der Waals surface area (Å²) < 4.78 is 15.3. The van der Waals surface area contributed by atoms with E-state index in [1.807, 2.05) is 19.3 Å². The molecule has 0 spiro atoms. The first kappa shape index (κ1) is 12.8. The summed E-state index contributed by atoms with van der Waals surface area (Å²) in [7, 11) is 1.88. The van der Waals surface area contributed by atoms with Crippen molar-refractivity contribution in [3.63, 3.8) is 0 Å². The second kappa shape index (κ2) is 4.81. The van der Waals surface area contributed by atoms with E-state index in [0.717, 1.165) is 21.4 Å². The van der Waals surface area contributed by atoms with E-state index in [0.29, 0.717) is 19.1 Å². The van der Waals surface area contributed by atoms with E-state index in [4.69, 9.17) is 9.47 Å². The third kappa shape index (κ3) is 2.20. The molecular weight excluding hydrogens is 338 g/mol. The minimum Gasteiger partial charge on any atom is -0.468 e. The van der Waals surface area contributed by atoms with Gasteiger partial charge in [0.1, 0.15) is 10.7 Å². The highest BCUT2D eigenvalue weighted by molar-refractivity contribution is 9.10. The smallest absolute Gasteiger partial charge is 0.240 e. The molecule has 0 radical (unpaired) electrons. The zero-order valence-electron chi connectivity index (χ0n) is 11.2. The number of ether oxygens (including phenoxy) is 2. The predicted octanol–water partition coefficient (Wildman–Crippen LogP) is 1.67. The van der Waals surface area contributed by atoms with Crippen LogP contribution in [0.25, 0.3) is 16.8 Å². The highest BCUT2D eigenvalue weighted by Crippen LogP contribution is 2.31. The maximum Gasteiger partial charge on any atom is 0.240 e. The van der Waals surface area contributed by atoms with Gasteiger partial charge in [-0.1, -0.05) is 0 Å².